The number of carbonyl (C=O) groups is 1. The zero-order valence-corrected chi connectivity index (χ0v) is 19.5. The molecule has 1 saturated heterocycles. The first-order valence-electron chi connectivity index (χ1n) is 9.81. The second kappa shape index (κ2) is 11.1. The normalized spacial score (nSPS) is 16.6. The van der Waals surface area contributed by atoms with Crippen LogP contribution in [0.1, 0.15) is 26.7 Å². The van der Waals surface area contributed by atoms with Crippen LogP contribution in [0.3, 0.4) is 0 Å². The van der Waals surface area contributed by atoms with Crippen LogP contribution >= 0.6 is 24.0 Å². The van der Waals surface area contributed by atoms with Crippen molar-refractivity contribution in [3.05, 3.63) is 12.5 Å². The Balaban J connectivity index is 0.00000300. The van der Waals surface area contributed by atoms with Crippen molar-refractivity contribution in [1.29, 1.82) is 0 Å². The molecule has 0 bridgehead atoms. The van der Waals surface area contributed by atoms with E-state index >= 15 is 0 Å². The zero-order chi connectivity index (χ0) is 19.9. The SMILES string of the molecule is CCNC(=NCCNc1ncnc2c1cnn2C)NC1CCN(C(=O)CC)C1.I. The minimum Gasteiger partial charge on any atom is -0.367 e. The fraction of sp³-hybridized carbons (Fsp3) is 0.611. The fourth-order valence-corrected chi connectivity index (χ4v) is 3.29. The van der Waals surface area contributed by atoms with Gasteiger partial charge in [-0.15, -0.1) is 24.0 Å². The van der Waals surface area contributed by atoms with Crippen LogP contribution in [0.2, 0.25) is 0 Å². The van der Waals surface area contributed by atoms with Gasteiger partial charge in [0, 0.05) is 45.7 Å². The molecule has 0 spiro atoms. The number of guanidine groups is 1. The number of aromatic nitrogens is 4. The maximum atomic E-state index is 11.8. The van der Waals surface area contributed by atoms with E-state index in [2.05, 4.69) is 36.0 Å². The molecule has 1 aliphatic heterocycles. The van der Waals surface area contributed by atoms with Crippen LogP contribution in [0.25, 0.3) is 11.0 Å². The summed E-state index contributed by atoms with van der Waals surface area (Å²) in [6, 6.07) is 0.234. The number of anilines is 1. The molecule has 160 valence electrons. The number of aryl methyl sites for hydroxylation is 1. The van der Waals surface area contributed by atoms with Crippen molar-refractivity contribution in [2.45, 2.75) is 32.7 Å². The summed E-state index contributed by atoms with van der Waals surface area (Å²) in [5.74, 6) is 1.74. The highest BCUT2D eigenvalue weighted by atomic mass is 127. The molecule has 3 heterocycles. The summed E-state index contributed by atoms with van der Waals surface area (Å²) in [6.07, 6.45) is 4.79. The number of aliphatic imine (C=N–C) groups is 1. The van der Waals surface area contributed by atoms with Crippen molar-refractivity contribution in [2.75, 3.05) is 38.0 Å². The molecule has 1 aliphatic rings. The number of likely N-dealkylation sites (tertiary alicyclic amines) is 1. The predicted octanol–water partition coefficient (Wildman–Crippen LogP) is 0.959. The lowest BCUT2D eigenvalue weighted by Crippen LogP contribution is -2.45. The summed E-state index contributed by atoms with van der Waals surface area (Å²) in [5.41, 5.74) is 0.795. The Morgan fingerprint density at radius 3 is 2.93 bits per heavy atom. The summed E-state index contributed by atoms with van der Waals surface area (Å²) < 4.78 is 1.72. The van der Waals surface area contributed by atoms with Gasteiger partial charge in [0.05, 0.1) is 18.1 Å². The molecule has 2 aromatic heterocycles. The number of nitrogens with one attached hydrogen (secondary N) is 3. The molecule has 0 saturated carbocycles. The Kier molecular flexibility index (Phi) is 8.86. The van der Waals surface area contributed by atoms with Crippen LogP contribution in [-0.4, -0.2) is 75.3 Å². The second-order valence-electron chi connectivity index (χ2n) is 6.74. The highest BCUT2D eigenvalue weighted by molar-refractivity contribution is 14.0. The summed E-state index contributed by atoms with van der Waals surface area (Å²) >= 11 is 0. The number of rotatable bonds is 7. The van der Waals surface area contributed by atoms with Gasteiger partial charge < -0.3 is 20.9 Å². The second-order valence-corrected chi connectivity index (χ2v) is 6.74. The van der Waals surface area contributed by atoms with E-state index in [1.165, 1.54) is 6.33 Å². The summed E-state index contributed by atoms with van der Waals surface area (Å²) in [5, 5.41) is 15.1. The van der Waals surface area contributed by atoms with E-state index < -0.39 is 0 Å². The standard InChI is InChI=1S/C18H29N9O.HI/c1-4-15(28)27-9-6-13(11-27)25-18(19-5-2)21-8-7-20-16-14-10-24-26(3)17(14)23-12-22-16;/h10,12-13H,4-9,11H2,1-3H3,(H2,19,21,25)(H,20,22,23);1H. The molecular formula is C18H30IN9O. The third-order valence-corrected chi connectivity index (χ3v) is 4.73. The average molecular weight is 515 g/mol. The van der Waals surface area contributed by atoms with Crippen LogP contribution in [0, 0.1) is 0 Å². The number of amides is 1. The maximum Gasteiger partial charge on any atom is 0.222 e. The highest BCUT2D eigenvalue weighted by Crippen LogP contribution is 2.17. The van der Waals surface area contributed by atoms with E-state index in [-0.39, 0.29) is 35.9 Å². The molecule has 29 heavy (non-hydrogen) atoms. The van der Waals surface area contributed by atoms with Gasteiger partial charge in [-0.05, 0) is 13.3 Å². The molecule has 0 aliphatic carbocycles. The molecule has 1 unspecified atom stereocenters. The van der Waals surface area contributed by atoms with Crippen molar-refractivity contribution < 1.29 is 4.79 Å². The number of hydrogen-bond acceptors (Lipinski definition) is 6. The molecule has 11 heteroatoms. The number of fused-ring (bicyclic) bond motifs is 1. The minimum atomic E-state index is 0. The van der Waals surface area contributed by atoms with Gasteiger partial charge in [0.25, 0.3) is 0 Å². The Labute approximate surface area is 188 Å². The third-order valence-electron chi connectivity index (χ3n) is 4.73. The van der Waals surface area contributed by atoms with E-state index in [0.717, 1.165) is 48.9 Å². The summed E-state index contributed by atoms with van der Waals surface area (Å²) in [7, 11) is 1.86. The minimum absolute atomic E-state index is 0. The van der Waals surface area contributed by atoms with E-state index in [1.807, 2.05) is 25.8 Å². The Morgan fingerprint density at radius 1 is 1.34 bits per heavy atom. The van der Waals surface area contributed by atoms with Gasteiger partial charge in [-0.2, -0.15) is 5.10 Å². The maximum absolute atomic E-state index is 11.8. The van der Waals surface area contributed by atoms with Crippen LogP contribution in [0.4, 0.5) is 5.82 Å². The molecule has 0 radical (unpaired) electrons. The molecule has 1 fully saturated rings. The molecule has 3 N–H and O–H groups in total. The lowest BCUT2D eigenvalue weighted by atomic mass is 10.3. The topological polar surface area (TPSA) is 112 Å². The smallest absolute Gasteiger partial charge is 0.222 e. The van der Waals surface area contributed by atoms with Crippen LogP contribution in [0.5, 0.6) is 0 Å². The Hall–Kier alpha value is -2.18. The van der Waals surface area contributed by atoms with Crippen molar-refractivity contribution in [2.24, 2.45) is 12.0 Å². The van der Waals surface area contributed by atoms with Crippen molar-refractivity contribution >= 4 is 52.7 Å². The molecule has 1 atom stereocenters. The van der Waals surface area contributed by atoms with Crippen molar-refractivity contribution in [1.82, 2.24) is 35.3 Å². The van der Waals surface area contributed by atoms with Crippen LogP contribution in [-0.2, 0) is 11.8 Å². The number of halogens is 1. The van der Waals surface area contributed by atoms with Gasteiger partial charge in [0.2, 0.25) is 5.91 Å². The van der Waals surface area contributed by atoms with Gasteiger partial charge in [-0.1, -0.05) is 6.92 Å². The van der Waals surface area contributed by atoms with Crippen LogP contribution < -0.4 is 16.0 Å². The third kappa shape index (κ3) is 5.90. The van der Waals surface area contributed by atoms with Gasteiger partial charge in [0.15, 0.2) is 11.6 Å². The van der Waals surface area contributed by atoms with Gasteiger partial charge in [0.1, 0.15) is 12.1 Å². The average Bonchev–Trinajstić information content (AvgIpc) is 3.32. The highest BCUT2D eigenvalue weighted by Gasteiger charge is 2.25. The fourth-order valence-electron chi connectivity index (χ4n) is 3.29. The quantitative estimate of drug-likeness (QED) is 0.218. The largest absolute Gasteiger partial charge is 0.367 e. The lowest BCUT2D eigenvalue weighted by molar-refractivity contribution is -0.129. The first-order chi connectivity index (χ1) is 13.6. The summed E-state index contributed by atoms with van der Waals surface area (Å²) in [4.78, 5) is 26.9. The van der Waals surface area contributed by atoms with Crippen molar-refractivity contribution in [3.8, 4) is 0 Å². The first kappa shape index (κ1) is 23.1. The molecular weight excluding hydrogens is 485 g/mol. The van der Waals surface area contributed by atoms with E-state index in [4.69, 9.17) is 0 Å². The van der Waals surface area contributed by atoms with Gasteiger partial charge in [-0.3, -0.25) is 14.5 Å². The molecule has 2 aromatic rings. The predicted molar refractivity (Wildman–Crippen MR) is 125 cm³/mol. The summed E-state index contributed by atoms with van der Waals surface area (Å²) in [6.45, 7) is 7.49. The van der Waals surface area contributed by atoms with Crippen molar-refractivity contribution in [3.63, 3.8) is 0 Å². The lowest BCUT2D eigenvalue weighted by Gasteiger charge is -2.18. The Morgan fingerprint density at radius 2 is 2.17 bits per heavy atom. The van der Waals surface area contributed by atoms with Gasteiger partial charge in [-0.25, -0.2) is 9.97 Å². The Bertz CT molecular complexity index is 838. The number of nitrogens with zero attached hydrogens (tertiary/aromatic N) is 6. The molecule has 3 rings (SSSR count). The van der Waals surface area contributed by atoms with E-state index in [0.29, 0.717) is 19.5 Å². The molecule has 1 amide bonds. The molecule has 10 nitrogen and oxygen atoms in total. The first-order valence-corrected chi connectivity index (χ1v) is 9.81. The zero-order valence-electron chi connectivity index (χ0n) is 17.2. The number of hydrogen-bond donors (Lipinski definition) is 3. The van der Waals surface area contributed by atoms with Crippen LogP contribution in [0.15, 0.2) is 17.5 Å². The molecule has 0 aromatic carbocycles. The van der Waals surface area contributed by atoms with Gasteiger partial charge >= 0.3 is 0 Å². The van der Waals surface area contributed by atoms with E-state index in [1.54, 1.807) is 10.9 Å². The number of carbonyl (C=O) groups excluding carboxylic acids is 1. The van der Waals surface area contributed by atoms with E-state index in [9.17, 15) is 4.79 Å². The monoisotopic (exact) mass is 515 g/mol.